The fraction of sp³-hybridized carbons (Fsp3) is 0.471. The predicted octanol–water partition coefficient (Wildman–Crippen LogP) is 4.52. The first-order valence-corrected chi connectivity index (χ1v) is 9.19. The highest BCUT2D eigenvalue weighted by Crippen LogP contribution is 2.42. The standard InChI is InChI=1S/C17H20ClN3O2S/c1-9(2)12-7-13(18)10(3)6-14(12)23-8-15(22)19-17-21-20-16(24-17)11-4-5-11/h6-7,9,11H,4-5,8H2,1-3H3,(H,19,21,22). The maximum atomic E-state index is 12.1. The summed E-state index contributed by atoms with van der Waals surface area (Å²) in [6, 6.07) is 3.78. The van der Waals surface area contributed by atoms with Crippen LogP contribution in [-0.4, -0.2) is 22.7 Å². The molecule has 0 unspecified atom stereocenters. The number of rotatable bonds is 6. The lowest BCUT2D eigenvalue weighted by Crippen LogP contribution is -2.20. The Kier molecular flexibility index (Phi) is 5.06. The number of hydrogen-bond donors (Lipinski definition) is 1. The molecule has 1 aromatic heterocycles. The molecular formula is C17H20ClN3O2S. The lowest BCUT2D eigenvalue weighted by atomic mass is 10.0. The van der Waals surface area contributed by atoms with Crippen LogP contribution >= 0.6 is 22.9 Å². The second-order valence-corrected chi connectivity index (χ2v) is 7.77. The zero-order chi connectivity index (χ0) is 17.3. The second kappa shape index (κ2) is 7.07. The fourth-order valence-corrected chi connectivity index (χ4v) is 3.43. The van der Waals surface area contributed by atoms with Crippen molar-refractivity contribution in [2.45, 2.75) is 45.4 Å². The Morgan fingerprint density at radius 1 is 1.42 bits per heavy atom. The van der Waals surface area contributed by atoms with Gasteiger partial charge in [0.2, 0.25) is 5.13 Å². The average molecular weight is 366 g/mol. The van der Waals surface area contributed by atoms with Crippen molar-refractivity contribution in [2.24, 2.45) is 0 Å². The number of carbonyl (C=O) groups is 1. The molecule has 3 rings (SSSR count). The van der Waals surface area contributed by atoms with Crippen molar-refractivity contribution in [3.63, 3.8) is 0 Å². The van der Waals surface area contributed by atoms with Crippen molar-refractivity contribution >= 4 is 34.0 Å². The number of nitrogens with one attached hydrogen (secondary N) is 1. The molecule has 1 fully saturated rings. The van der Waals surface area contributed by atoms with Crippen molar-refractivity contribution in [3.8, 4) is 5.75 Å². The number of benzene rings is 1. The van der Waals surface area contributed by atoms with Crippen LogP contribution in [0.3, 0.4) is 0 Å². The number of anilines is 1. The summed E-state index contributed by atoms with van der Waals surface area (Å²) in [7, 11) is 0. The Balaban J connectivity index is 1.62. The SMILES string of the molecule is Cc1cc(OCC(=O)Nc2nnc(C3CC3)s2)c(C(C)C)cc1Cl. The number of aryl methyl sites for hydroxylation is 1. The van der Waals surface area contributed by atoms with Gasteiger partial charge in [0.15, 0.2) is 6.61 Å². The average Bonchev–Trinajstić information content (AvgIpc) is 3.28. The molecule has 0 spiro atoms. The Labute approximate surface area is 150 Å². The van der Waals surface area contributed by atoms with Crippen molar-refractivity contribution in [1.29, 1.82) is 0 Å². The Morgan fingerprint density at radius 2 is 2.17 bits per heavy atom. The van der Waals surface area contributed by atoms with Crippen LogP contribution in [0.1, 0.15) is 54.7 Å². The van der Waals surface area contributed by atoms with Gasteiger partial charge in [-0.05, 0) is 48.9 Å². The van der Waals surface area contributed by atoms with Crippen molar-refractivity contribution < 1.29 is 9.53 Å². The summed E-state index contributed by atoms with van der Waals surface area (Å²) in [6.45, 7) is 5.97. The van der Waals surface area contributed by atoms with E-state index < -0.39 is 0 Å². The minimum atomic E-state index is -0.240. The first-order chi connectivity index (χ1) is 11.4. The van der Waals surface area contributed by atoms with Crippen LogP contribution in [0.2, 0.25) is 5.02 Å². The lowest BCUT2D eigenvalue weighted by Gasteiger charge is -2.15. The van der Waals surface area contributed by atoms with Gasteiger partial charge >= 0.3 is 0 Å². The van der Waals surface area contributed by atoms with Gasteiger partial charge in [-0.25, -0.2) is 0 Å². The molecule has 128 valence electrons. The maximum absolute atomic E-state index is 12.1. The van der Waals surface area contributed by atoms with Crippen molar-refractivity contribution in [2.75, 3.05) is 11.9 Å². The van der Waals surface area contributed by atoms with Gasteiger partial charge in [-0.3, -0.25) is 10.1 Å². The topological polar surface area (TPSA) is 64.1 Å². The van der Waals surface area contributed by atoms with E-state index in [1.165, 1.54) is 24.2 Å². The molecule has 1 N–H and O–H groups in total. The highest BCUT2D eigenvalue weighted by molar-refractivity contribution is 7.15. The van der Waals surface area contributed by atoms with Crippen LogP contribution in [0.4, 0.5) is 5.13 Å². The zero-order valence-corrected chi connectivity index (χ0v) is 15.5. The molecule has 1 saturated carbocycles. The van der Waals surface area contributed by atoms with Gasteiger partial charge in [-0.2, -0.15) is 0 Å². The molecule has 1 amide bonds. The zero-order valence-electron chi connectivity index (χ0n) is 13.9. The van der Waals surface area contributed by atoms with Crippen molar-refractivity contribution in [1.82, 2.24) is 10.2 Å². The van der Waals surface area contributed by atoms with Crippen LogP contribution in [-0.2, 0) is 4.79 Å². The normalized spacial score (nSPS) is 14.0. The molecule has 2 aromatic rings. The highest BCUT2D eigenvalue weighted by Gasteiger charge is 2.27. The number of ether oxygens (including phenoxy) is 1. The van der Waals surface area contributed by atoms with Crippen LogP contribution in [0.25, 0.3) is 0 Å². The van der Waals surface area contributed by atoms with Crippen molar-refractivity contribution in [3.05, 3.63) is 33.3 Å². The summed E-state index contributed by atoms with van der Waals surface area (Å²) in [4.78, 5) is 12.1. The first kappa shape index (κ1) is 17.2. The number of carbonyl (C=O) groups excluding carboxylic acids is 1. The van der Waals surface area contributed by atoms with E-state index in [9.17, 15) is 4.79 Å². The Hall–Kier alpha value is -1.66. The predicted molar refractivity (Wildman–Crippen MR) is 96.3 cm³/mol. The molecule has 1 aliphatic carbocycles. The fourth-order valence-electron chi connectivity index (χ4n) is 2.33. The largest absolute Gasteiger partial charge is 0.483 e. The molecule has 5 nitrogen and oxygen atoms in total. The molecule has 24 heavy (non-hydrogen) atoms. The van der Waals surface area contributed by atoms with Crippen LogP contribution < -0.4 is 10.1 Å². The number of amides is 1. The van der Waals surface area contributed by atoms with E-state index in [0.717, 1.165) is 16.1 Å². The molecule has 0 radical (unpaired) electrons. The quantitative estimate of drug-likeness (QED) is 0.817. The van der Waals surface area contributed by atoms with Crippen LogP contribution in [0.5, 0.6) is 5.75 Å². The second-order valence-electron chi connectivity index (χ2n) is 6.35. The summed E-state index contributed by atoms with van der Waals surface area (Å²) >= 11 is 7.62. The smallest absolute Gasteiger partial charge is 0.264 e. The summed E-state index contributed by atoms with van der Waals surface area (Å²) in [5.74, 6) is 1.24. The van der Waals surface area contributed by atoms with Gasteiger partial charge < -0.3 is 4.74 Å². The molecule has 7 heteroatoms. The summed E-state index contributed by atoms with van der Waals surface area (Å²) in [5.41, 5.74) is 1.92. The van der Waals surface area contributed by atoms with Gasteiger partial charge in [0.1, 0.15) is 10.8 Å². The van der Waals surface area contributed by atoms with E-state index >= 15 is 0 Å². The minimum Gasteiger partial charge on any atom is -0.483 e. The molecule has 0 bridgehead atoms. The third kappa shape index (κ3) is 4.05. The molecule has 1 aliphatic rings. The third-order valence-electron chi connectivity index (χ3n) is 3.89. The molecular weight excluding hydrogens is 346 g/mol. The van der Waals surface area contributed by atoms with Gasteiger partial charge in [0, 0.05) is 10.9 Å². The van der Waals surface area contributed by atoms with Gasteiger partial charge in [0.05, 0.1) is 0 Å². The molecule has 1 aromatic carbocycles. The number of aromatic nitrogens is 2. The van der Waals surface area contributed by atoms with Crippen LogP contribution in [0.15, 0.2) is 12.1 Å². The van der Waals surface area contributed by atoms with E-state index in [1.54, 1.807) is 0 Å². The molecule has 1 heterocycles. The van der Waals surface area contributed by atoms with E-state index in [4.69, 9.17) is 16.3 Å². The van der Waals surface area contributed by atoms with E-state index in [1.807, 2.05) is 19.1 Å². The Bertz CT molecular complexity index is 756. The maximum Gasteiger partial charge on any atom is 0.264 e. The summed E-state index contributed by atoms with van der Waals surface area (Å²) < 4.78 is 5.72. The summed E-state index contributed by atoms with van der Waals surface area (Å²) in [5, 5.41) is 13.1. The Morgan fingerprint density at radius 3 is 2.83 bits per heavy atom. The number of halogens is 1. The highest BCUT2D eigenvalue weighted by atomic mass is 35.5. The monoisotopic (exact) mass is 365 g/mol. The number of nitrogens with zero attached hydrogens (tertiary/aromatic N) is 2. The minimum absolute atomic E-state index is 0.0703. The first-order valence-electron chi connectivity index (χ1n) is 8.00. The number of hydrogen-bond acceptors (Lipinski definition) is 5. The van der Waals surface area contributed by atoms with Gasteiger partial charge in [-0.1, -0.05) is 36.8 Å². The summed E-state index contributed by atoms with van der Waals surface area (Å²) in [6.07, 6.45) is 2.33. The van der Waals surface area contributed by atoms with E-state index in [-0.39, 0.29) is 18.4 Å². The molecule has 0 aliphatic heterocycles. The van der Waals surface area contributed by atoms with Crippen LogP contribution in [0, 0.1) is 6.92 Å². The molecule has 0 saturated heterocycles. The van der Waals surface area contributed by atoms with Gasteiger partial charge in [0.25, 0.3) is 5.91 Å². The van der Waals surface area contributed by atoms with Gasteiger partial charge in [-0.15, -0.1) is 10.2 Å². The third-order valence-corrected chi connectivity index (χ3v) is 5.29. The lowest BCUT2D eigenvalue weighted by molar-refractivity contribution is -0.118. The van der Waals surface area contributed by atoms with E-state index in [2.05, 4.69) is 29.4 Å². The molecule has 0 atom stereocenters. The van der Waals surface area contributed by atoms with E-state index in [0.29, 0.717) is 21.8 Å².